The van der Waals surface area contributed by atoms with Crippen LogP contribution < -0.4 is 11.1 Å². The van der Waals surface area contributed by atoms with E-state index in [1.54, 1.807) is 0 Å². The zero-order chi connectivity index (χ0) is 11.8. The topological polar surface area (TPSA) is 41.3 Å². The quantitative estimate of drug-likeness (QED) is 0.766. The lowest BCUT2D eigenvalue weighted by Crippen LogP contribution is -2.53. The molecule has 1 aromatic rings. The zero-order valence-electron chi connectivity index (χ0n) is 10.4. The highest BCUT2D eigenvalue weighted by Crippen LogP contribution is 2.30. The Bertz CT molecular complexity index is 408. The lowest BCUT2D eigenvalue weighted by atomic mass is 9.84. The molecule has 3 heterocycles. The number of rotatable bonds is 2. The van der Waals surface area contributed by atoms with Gasteiger partial charge in [-0.1, -0.05) is 0 Å². The van der Waals surface area contributed by atoms with E-state index in [9.17, 15) is 0 Å². The molecule has 0 aromatic heterocycles. The van der Waals surface area contributed by atoms with Crippen molar-refractivity contribution >= 4 is 11.4 Å². The van der Waals surface area contributed by atoms with E-state index in [-0.39, 0.29) is 0 Å². The van der Waals surface area contributed by atoms with E-state index in [0.29, 0.717) is 6.04 Å². The van der Waals surface area contributed by atoms with Crippen LogP contribution in [0.2, 0.25) is 0 Å². The van der Waals surface area contributed by atoms with Gasteiger partial charge < -0.3 is 16.0 Å². The van der Waals surface area contributed by atoms with Gasteiger partial charge in [-0.3, -0.25) is 0 Å². The van der Waals surface area contributed by atoms with Gasteiger partial charge in [0.25, 0.3) is 0 Å². The van der Waals surface area contributed by atoms with Crippen LogP contribution in [-0.4, -0.2) is 30.6 Å². The van der Waals surface area contributed by atoms with Crippen LogP contribution in [0.25, 0.3) is 0 Å². The largest absolute Gasteiger partial charge is 0.399 e. The molecule has 0 spiro atoms. The Balaban J connectivity index is 1.74. The number of benzene rings is 1. The van der Waals surface area contributed by atoms with Crippen molar-refractivity contribution in [2.75, 3.05) is 30.7 Å². The van der Waals surface area contributed by atoms with Crippen molar-refractivity contribution in [1.29, 1.82) is 0 Å². The Hall–Kier alpha value is -1.22. The predicted octanol–water partition coefficient (Wildman–Crippen LogP) is 2.08. The number of nitrogen functional groups attached to an aromatic ring is 1. The molecule has 2 bridgehead atoms. The molecule has 0 radical (unpaired) electrons. The third-order valence-electron chi connectivity index (χ3n) is 4.25. The van der Waals surface area contributed by atoms with Crippen LogP contribution in [0.5, 0.6) is 0 Å². The van der Waals surface area contributed by atoms with E-state index in [4.69, 9.17) is 5.73 Å². The second-order valence-electron chi connectivity index (χ2n) is 5.46. The van der Waals surface area contributed by atoms with E-state index in [2.05, 4.69) is 23.2 Å². The van der Waals surface area contributed by atoms with E-state index < -0.39 is 0 Å². The summed E-state index contributed by atoms with van der Waals surface area (Å²) in [6.45, 7) is 5.92. The van der Waals surface area contributed by atoms with Crippen LogP contribution in [0.15, 0.2) is 18.2 Å². The van der Waals surface area contributed by atoms with Crippen molar-refractivity contribution in [3.63, 3.8) is 0 Å². The molecule has 3 aliphatic rings. The maximum Gasteiger partial charge on any atom is 0.0417 e. The van der Waals surface area contributed by atoms with E-state index in [0.717, 1.165) is 11.6 Å². The summed E-state index contributed by atoms with van der Waals surface area (Å²) < 4.78 is 0. The lowest BCUT2D eigenvalue weighted by Gasteiger charge is -2.45. The summed E-state index contributed by atoms with van der Waals surface area (Å²) in [6.07, 6.45) is 2.71. The Morgan fingerprint density at radius 3 is 2.65 bits per heavy atom. The average molecular weight is 231 g/mol. The summed E-state index contributed by atoms with van der Waals surface area (Å²) in [5, 5.41) is 3.71. The summed E-state index contributed by atoms with van der Waals surface area (Å²) in [5.74, 6) is 0.858. The number of nitrogens with zero attached hydrogens (tertiary/aromatic N) is 1. The highest BCUT2D eigenvalue weighted by molar-refractivity contribution is 5.58. The van der Waals surface area contributed by atoms with Gasteiger partial charge in [-0.25, -0.2) is 0 Å². The first kappa shape index (κ1) is 10.9. The number of aryl methyl sites for hydroxylation is 1. The van der Waals surface area contributed by atoms with Crippen molar-refractivity contribution in [3.8, 4) is 0 Å². The van der Waals surface area contributed by atoms with Gasteiger partial charge in [0, 0.05) is 24.0 Å². The molecular weight excluding hydrogens is 210 g/mol. The van der Waals surface area contributed by atoms with Crippen LogP contribution in [0.1, 0.15) is 18.4 Å². The molecule has 0 saturated carbocycles. The van der Waals surface area contributed by atoms with Gasteiger partial charge in [0.05, 0.1) is 0 Å². The summed E-state index contributed by atoms with van der Waals surface area (Å²) in [5.41, 5.74) is 9.13. The Morgan fingerprint density at radius 2 is 2.06 bits per heavy atom. The summed E-state index contributed by atoms with van der Waals surface area (Å²) in [7, 11) is 0. The fourth-order valence-corrected chi connectivity index (χ4v) is 3.18. The molecule has 3 nitrogen and oxygen atoms in total. The number of anilines is 2. The number of piperidine rings is 3. The second-order valence-corrected chi connectivity index (χ2v) is 5.46. The molecular formula is C14H21N3. The summed E-state index contributed by atoms with van der Waals surface area (Å²) in [6, 6.07) is 6.77. The van der Waals surface area contributed by atoms with Crippen LogP contribution in [0, 0.1) is 12.8 Å². The highest BCUT2D eigenvalue weighted by Gasteiger charge is 2.33. The molecule has 3 heteroatoms. The minimum atomic E-state index is 0.625. The highest BCUT2D eigenvalue weighted by atomic mass is 15.2. The van der Waals surface area contributed by atoms with E-state index in [1.165, 1.54) is 43.7 Å². The van der Waals surface area contributed by atoms with Gasteiger partial charge in [-0.15, -0.1) is 0 Å². The molecule has 1 unspecified atom stereocenters. The third-order valence-corrected chi connectivity index (χ3v) is 4.25. The van der Waals surface area contributed by atoms with Crippen LogP contribution in [-0.2, 0) is 0 Å². The Labute approximate surface area is 103 Å². The first-order valence-electron chi connectivity index (χ1n) is 6.57. The zero-order valence-corrected chi connectivity index (χ0v) is 10.4. The van der Waals surface area contributed by atoms with Crippen molar-refractivity contribution < 1.29 is 0 Å². The minimum absolute atomic E-state index is 0.625. The number of nitrogens with one attached hydrogen (secondary N) is 1. The SMILES string of the molecule is Cc1cc(N)ccc1NC1CN2CCC1CC2. The van der Waals surface area contributed by atoms with Gasteiger partial charge >= 0.3 is 0 Å². The molecule has 3 aliphatic heterocycles. The molecule has 0 aliphatic carbocycles. The van der Waals surface area contributed by atoms with Crippen LogP contribution in [0.3, 0.4) is 0 Å². The van der Waals surface area contributed by atoms with Gasteiger partial charge in [0.2, 0.25) is 0 Å². The van der Waals surface area contributed by atoms with Crippen molar-refractivity contribution in [1.82, 2.24) is 4.90 Å². The Kier molecular flexibility index (Phi) is 2.71. The van der Waals surface area contributed by atoms with Crippen molar-refractivity contribution in [3.05, 3.63) is 23.8 Å². The van der Waals surface area contributed by atoms with Crippen LogP contribution >= 0.6 is 0 Å². The maximum atomic E-state index is 5.79. The smallest absolute Gasteiger partial charge is 0.0417 e. The fourth-order valence-electron chi connectivity index (χ4n) is 3.18. The third kappa shape index (κ3) is 2.12. The molecule has 3 fully saturated rings. The molecule has 1 atom stereocenters. The normalized spacial score (nSPS) is 31.5. The maximum absolute atomic E-state index is 5.79. The molecule has 92 valence electrons. The number of fused-ring (bicyclic) bond motifs is 3. The standard InChI is InChI=1S/C14H21N3/c1-10-8-12(15)2-3-13(10)16-14-9-17-6-4-11(14)5-7-17/h2-3,8,11,14,16H,4-7,9,15H2,1H3. The molecule has 4 rings (SSSR count). The Morgan fingerprint density at radius 1 is 1.29 bits per heavy atom. The fraction of sp³-hybridized carbons (Fsp3) is 0.571. The number of hydrogen-bond donors (Lipinski definition) is 2. The predicted molar refractivity (Wildman–Crippen MR) is 72.2 cm³/mol. The van der Waals surface area contributed by atoms with Crippen molar-refractivity contribution in [2.24, 2.45) is 5.92 Å². The number of nitrogens with two attached hydrogens (primary N) is 1. The molecule has 17 heavy (non-hydrogen) atoms. The summed E-state index contributed by atoms with van der Waals surface area (Å²) >= 11 is 0. The van der Waals surface area contributed by atoms with E-state index in [1.807, 2.05) is 12.1 Å². The van der Waals surface area contributed by atoms with Gasteiger partial charge in [0.15, 0.2) is 0 Å². The molecule has 3 N–H and O–H groups in total. The van der Waals surface area contributed by atoms with Crippen LogP contribution in [0.4, 0.5) is 11.4 Å². The summed E-state index contributed by atoms with van der Waals surface area (Å²) in [4.78, 5) is 2.57. The van der Waals surface area contributed by atoms with Gasteiger partial charge in [-0.05, 0) is 62.5 Å². The average Bonchev–Trinajstić information content (AvgIpc) is 2.34. The monoisotopic (exact) mass is 231 g/mol. The molecule has 0 amide bonds. The molecule has 3 saturated heterocycles. The van der Waals surface area contributed by atoms with Gasteiger partial charge in [0.1, 0.15) is 0 Å². The minimum Gasteiger partial charge on any atom is -0.399 e. The van der Waals surface area contributed by atoms with Crippen molar-refractivity contribution in [2.45, 2.75) is 25.8 Å². The first-order chi connectivity index (χ1) is 8.22. The molecule has 1 aromatic carbocycles. The number of hydrogen-bond acceptors (Lipinski definition) is 3. The van der Waals surface area contributed by atoms with E-state index >= 15 is 0 Å². The first-order valence-corrected chi connectivity index (χ1v) is 6.57. The van der Waals surface area contributed by atoms with Gasteiger partial charge in [-0.2, -0.15) is 0 Å². The second kappa shape index (κ2) is 4.22. The lowest BCUT2D eigenvalue weighted by molar-refractivity contribution is 0.0975.